The largest absolute Gasteiger partial charge is 0.495 e. The van der Waals surface area contributed by atoms with Crippen molar-refractivity contribution in [3.05, 3.63) is 60.3 Å². The number of piperidine rings is 1. The maximum absolute atomic E-state index is 9.10. The number of para-hydroxylation sites is 3. The van der Waals surface area contributed by atoms with Crippen LogP contribution in [0.2, 0.25) is 0 Å². The zero-order valence-electron chi connectivity index (χ0n) is 20.6. The number of anilines is 1. The zero-order valence-corrected chi connectivity index (χ0v) is 20.6. The lowest BCUT2D eigenvalue weighted by Gasteiger charge is -2.43. The topological polar surface area (TPSA) is 109 Å². The summed E-state index contributed by atoms with van der Waals surface area (Å²) < 4.78 is 5.56. The highest BCUT2D eigenvalue weighted by atomic mass is 16.5. The van der Waals surface area contributed by atoms with Crippen LogP contribution in [-0.4, -0.2) is 89.4 Å². The van der Waals surface area contributed by atoms with Crippen LogP contribution in [0.1, 0.15) is 18.4 Å². The van der Waals surface area contributed by atoms with Gasteiger partial charge in [-0.3, -0.25) is 9.80 Å². The van der Waals surface area contributed by atoms with Crippen LogP contribution >= 0.6 is 0 Å². The normalized spacial score (nSPS) is 17.4. The second-order valence-electron chi connectivity index (χ2n) is 9.17. The summed E-state index contributed by atoms with van der Waals surface area (Å²) in [7, 11) is 1.76. The predicted octanol–water partition coefficient (Wildman–Crippen LogP) is 3.12. The molecule has 2 aliphatic heterocycles. The lowest BCUT2D eigenvalue weighted by molar-refractivity contribution is -0.159. The second kappa shape index (κ2) is 11.9. The molecule has 1 aromatic heterocycles. The molecule has 0 bridgehead atoms. The lowest BCUT2D eigenvalue weighted by atomic mass is 10.0. The molecule has 0 spiro atoms. The van der Waals surface area contributed by atoms with Gasteiger partial charge in [-0.05, 0) is 49.7 Å². The highest BCUT2D eigenvalue weighted by molar-refractivity contribution is 6.27. The molecule has 0 radical (unpaired) electrons. The fourth-order valence-corrected chi connectivity index (χ4v) is 5.16. The molecule has 0 aliphatic carbocycles. The van der Waals surface area contributed by atoms with E-state index in [-0.39, 0.29) is 0 Å². The Hall–Kier alpha value is -3.56. The minimum Gasteiger partial charge on any atom is -0.495 e. The molecule has 0 saturated carbocycles. The average molecular weight is 495 g/mol. The fourth-order valence-electron chi connectivity index (χ4n) is 5.16. The molecule has 36 heavy (non-hydrogen) atoms. The Morgan fingerprint density at radius 3 is 2.22 bits per heavy atom. The Labute approximate surface area is 210 Å². The molecule has 0 unspecified atom stereocenters. The molecule has 2 fully saturated rings. The summed E-state index contributed by atoms with van der Waals surface area (Å²) in [4.78, 5) is 29.4. The Morgan fingerprint density at radius 2 is 1.56 bits per heavy atom. The van der Waals surface area contributed by atoms with Gasteiger partial charge >= 0.3 is 11.9 Å². The van der Waals surface area contributed by atoms with E-state index in [4.69, 9.17) is 24.5 Å². The van der Waals surface area contributed by atoms with E-state index in [0.29, 0.717) is 0 Å². The van der Waals surface area contributed by atoms with Crippen molar-refractivity contribution in [2.24, 2.45) is 0 Å². The van der Waals surface area contributed by atoms with E-state index in [0.717, 1.165) is 44.5 Å². The summed E-state index contributed by atoms with van der Waals surface area (Å²) in [5.41, 5.74) is 3.90. The standard InChI is InChI=1S/C25H32N4O.C2H2O4/c1-30-25-9-5-4-8-24(25)29-16-14-28(15-17-29)21-10-12-27(13-11-21)19-20-18-26-23-7-3-2-6-22(20)23;3-1(4)2(5)6/h2-9,18,21,26H,10-17,19H2,1H3;(H,3,4)(H,5,6). The highest BCUT2D eigenvalue weighted by Crippen LogP contribution is 2.29. The van der Waals surface area contributed by atoms with E-state index in [2.05, 4.69) is 68.3 Å². The first-order chi connectivity index (χ1) is 17.5. The minimum atomic E-state index is -1.82. The molecule has 0 atom stereocenters. The number of aromatic amines is 1. The number of nitrogens with one attached hydrogen (secondary N) is 1. The third kappa shape index (κ3) is 6.16. The molecule has 192 valence electrons. The minimum absolute atomic E-state index is 0.726. The third-order valence-electron chi connectivity index (χ3n) is 7.07. The van der Waals surface area contributed by atoms with Gasteiger partial charge in [0.15, 0.2) is 0 Å². The van der Waals surface area contributed by atoms with Crippen LogP contribution in [0, 0.1) is 0 Å². The number of carboxylic acids is 2. The van der Waals surface area contributed by atoms with Gasteiger partial charge in [0.25, 0.3) is 0 Å². The maximum Gasteiger partial charge on any atom is 0.414 e. The molecular formula is C27H34N4O5. The Morgan fingerprint density at radius 1 is 0.917 bits per heavy atom. The van der Waals surface area contributed by atoms with Gasteiger partial charge in [-0.2, -0.15) is 0 Å². The van der Waals surface area contributed by atoms with Crippen LogP contribution in [0.25, 0.3) is 10.9 Å². The first kappa shape index (κ1) is 25.5. The number of carbonyl (C=O) groups is 2. The number of carboxylic acid groups (broad SMARTS) is 2. The highest BCUT2D eigenvalue weighted by Gasteiger charge is 2.28. The number of likely N-dealkylation sites (tertiary alicyclic amines) is 1. The monoisotopic (exact) mass is 494 g/mol. The Kier molecular flexibility index (Phi) is 8.45. The number of nitrogens with zero attached hydrogens (tertiary/aromatic N) is 3. The summed E-state index contributed by atoms with van der Waals surface area (Å²) >= 11 is 0. The molecule has 3 N–H and O–H groups in total. The van der Waals surface area contributed by atoms with Crippen LogP contribution in [-0.2, 0) is 16.1 Å². The molecule has 2 aromatic carbocycles. The number of rotatable bonds is 5. The van der Waals surface area contributed by atoms with E-state index in [1.165, 1.54) is 48.1 Å². The van der Waals surface area contributed by atoms with Gasteiger partial charge in [0.1, 0.15) is 5.75 Å². The number of methoxy groups -OCH3 is 1. The number of ether oxygens (including phenoxy) is 1. The van der Waals surface area contributed by atoms with Gasteiger partial charge in [-0.15, -0.1) is 0 Å². The van der Waals surface area contributed by atoms with Crippen molar-refractivity contribution in [2.75, 3.05) is 51.3 Å². The summed E-state index contributed by atoms with van der Waals surface area (Å²) in [5, 5.41) is 16.2. The van der Waals surface area contributed by atoms with Crippen molar-refractivity contribution in [1.82, 2.24) is 14.8 Å². The van der Waals surface area contributed by atoms with E-state index >= 15 is 0 Å². The van der Waals surface area contributed by atoms with Crippen molar-refractivity contribution in [2.45, 2.75) is 25.4 Å². The number of hydrogen-bond acceptors (Lipinski definition) is 6. The maximum atomic E-state index is 9.10. The number of fused-ring (bicyclic) bond motifs is 1. The van der Waals surface area contributed by atoms with Crippen LogP contribution in [0.5, 0.6) is 5.75 Å². The second-order valence-corrected chi connectivity index (χ2v) is 9.17. The molecule has 9 heteroatoms. The lowest BCUT2D eigenvalue weighted by Crippen LogP contribution is -2.53. The van der Waals surface area contributed by atoms with Crippen molar-refractivity contribution < 1.29 is 24.5 Å². The van der Waals surface area contributed by atoms with Gasteiger partial charge in [0, 0.05) is 55.9 Å². The van der Waals surface area contributed by atoms with E-state index in [1.54, 1.807) is 7.11 Å². The smallest absolute Gasteiger partial charge is 0.414 e. The van der Waals surface area contributed by atoms with Gasteiger partial charge in [0.05, 0.1) is 12.8 Å². The van der Waals surface area contributed by atoms with Crippen LogP contribution in [0.4, 0.5) is 5.69 Å². The van der Waals surface area contributed by atoms with Crippen molar-refractivity contribution in [1.29, 1.82) is 0 Å². The van der Waals surface area contributed by atoms with Gasteiger partial charge < -0.3 is 24.8 Å². The molecular weight excluding hydrogens is 460 g/mol. The zero-order chi connectivity index (χ0) is 25.5. The molecule has 3 heterocycles. The van der Waals surface area contributed by atoms with Gasteiger partial charge in [-0.1, -0.05) is 30.3 Å². The number of aromatic nitrogens is 1. The van der Waals surface area contributed by atoms with E-state index < -0.39 is 11.9 Å². The molecule has 2 aliphatic rings. The number of benzene rings is 2. The fraction of sp³-hybridized carbons (Fsp3) is 0.407. The number of piperazine rings is 1. The number of aliphatic carboxylic acids is 2. The molecule has 3 aromatic rings. The average Bonchev–Trinajstić information content (AvgIpc) is 3.32. The Bertz CT molecular complexity index is 1150. The van der Waals surface area contributed by atoms with Gasteiger partial charge in [-0.25, -0.2) is 9.59 Å². The molecule has 2 saturated heterocycles. The first-order valence-electron chi connectivity index (χ1n) is 12.3. The van der Waals surface area contributed by atoms with Crippen LogP contribution in [0.3, 0.4) is 0 Å². The van der Waals surface area contributed by atoms with Crippen LogP contribution < -0.4 is 9.64 Å². The third-order valence-corrected chi connectivity index (χ3v) is 7.07. The van der Waals surface area contributed by atoms with E-state index in [9.17, 15) is 0 Å². The van der Waals surface area contributed by atoms with Crippen molar-refractivity contribution in [3.8, 4) is 5.75 Å². The van der Waals surface area contributed by atoms with Crippen molar-refractivity contribution in [3.63, 3.8) is 0 Å². The summed E-state index contributed by atoms with van der Waals surface area (Å²) in [6, 6.07) is 17.7. The first-order valence-corrected chi connectivity index (χ1v) is 12.3. The summed E-state index contributed by atoms with van der Waals surface area (Å²) in [5.74, 6) is -2.67. The van der Waals surface area contributed by atoms with Crippen LogP contribution in [0.15, 0.2) is 54.7 Å². The summed E-state index contributed by atoms with van der Waals surface area (Å²) in [6.45, 7) is 7.88. The van der Waals surface area contributed by atoms with Gasteiger partial charge in [0.2, 0.25) is 0 Å². The molecule has 5 rings (SSSR count). The molecule has 0 amide bonds. The number of H-pyrrole nitrogens is 1. The van der Waals surface area contributed by atoms with E-state index in [1.807, 2.05) is 6.07 Å². The molecule has 9 nitrogen and oxygen atoms in total. The Balaban J connectivity index is 0.000000455. The van der Waals surface area contributed by atoms with Crippen molar-refractivity contribution >= 4 is 28.5 Å². The number of hydrogen-bond donors (Lipinski definition) is 3. The SMILES string of the molecule is COc1ccccc1N1CCN(C2CCN(Cc3c[nH]c4ccccc34)CC2)CC1.O=C(O)C(=O)O. The predicted molar refractivity (Wildman–Crippen MR) is 139 cm³/mol. The quantitative estimate of drug-likeness (QED) is 0.464. The summed E-state index contributed by atoms with van der Waals surface area (Å²) in [6.07, 6.45) is 4.74.